The summed E-state index contributed by atoms with van der Waals surface area (Å²) in [7, 11) is 5.01. The van der Waals surface area contributed by atoms with Gasteiger partial charge in [-0.15, -0.1) is 0 Å². The summed E-state index contributed by atoms with van der Waals surface area (Å²) in [6.45, 7) is 7.33. The number of nitrogens with one attached hydrogen (secondary N) is 3. The van der Waals surface area contributed by atoms with Crippen LogP contribution in [0.25, 0.3) is 0 Å². The minimum atomic E-state index is -0.717. The Balaban J connectivity index is 2.02. The van der Waals surface area contributed by atoms with Crippen molar-refractivity contribution in [3.8, 4) is 0 Å². The monoisotopic (exact) mass is 526 g/mol. The van der Waals surface area contributed by atoms with Crippen LogP contribution in [-0.2, 0) is 19.8 Å². The molecule has 3 atom stereocenters. The molecule has 9 nitrogen and oxygen atoms in total. The van der Waals surface area contributed by atoms with E-state index < -0.39 is 11.7 Å². The topological polar surface area (TPSA) is 101 Å². The van der Waals surface area contributed by atoms with Gasteiger partial charge in [0.15, 0.2) is 0 Å². The number of alkyl carbamates (subject to hydrolysis) is 1. The molecule has 0 unspecified atom stereocenters. The molecule has 10 heteroatoms. The van der Waals surface area contributed by atoms with Crippen molar-refractivity contribution < 1.29 is 23.8 Å². The molecule has 0 aromatic heterocycles. The molecule has 1 aromatic carbocycles. The van der Waals surface area contributed by atoms with Crippen LogP contribution >= 0.6 is 11.6 Å². The predicted molar refractivity (Wildman–Crippen MR) is 142 cm³/mol. The summed E-state index contributed by atoms with van der Waals surface area (Å²) in [5, 5.41) is 9.61. The zero-order chi connectivity index (χ0) is 26.6. The Morgan fingerprint density at radius 1 is 1.36 bits per heavy atom. The van der Waals surface area contributed by atoms with E-state index in [9.17, 15) is 9.59 Å². The van der Waals surface area contributed by atoms with Gasteiger partial charge >= 0.3 is 12.1 Å². The highest BCUT2D eigenvalue weighted by molar-refractivity contribution is 6.30. The number of benzene rings is 1. The van der Waals surface area contributed by atoms with E-state index >= 15 is 0 Å². The lowest BCUT2D eigenvalue weighted by molar-refractivity contribution is -0.0438. The maximum absolute atomic E-state index is 13.0. The number of ether oxygens (including phenoxy) is 3. The summed E-state index contributed by atoms with van der Waals surface area (Å²) in [5.74, 6) is 0.462. The van der Waals surface area contributed by atoms with Crippen molar-refractivity contribution in [2.75, 3.05) is 60.7 Å². The maximum atomic E-state index is 13.0. The molecule has 0 radical (unpaired) electrons. The molecule has 3 N–H and O–H groups in total. The minimum Gasteiger partial charge on any atom is -0.453 e. The van der Waals surface area contributed by atoms with E-state index in [0.717, 1.165) is 43.6 Å². The Labute approximate surface area is 220 Å². The molecule has 0 aliphatic carbocycles. The maximum Gasteiger partial charge on any atom is 0.406 e. The Bertz CT molecular complexity index is 837. The predicted octanol–water partition coefficient (Wildman–Crippen LogP) is 3.67. The van der Waals surface area contributed by atoms with Crippen LogP contribution in [0, 0.1) is 12.8 Å². The number of nitrogens with zero attached hydrogens (tertiary/aromatic N) is 1. The minimum absolute atomic E-state index is 0.0267. The first-order chi connectivity index (χ1) is 17.2. The summed E-state index contributed by atoms with van der Waals surface area (Å²) in [5.41, 5.74) is 1.27. The average Bonchev–Trinajstić information content (AvgIpc) is 2.87. The van der Waals surface area contributed by atoms with Gasteiger partial charge in [0.2, 0.25) is 0 Å². The number of methoxy groups -OCH3 is 1. The molecule has 204 valence electrons. The SMILES string of the molecule is CNC[C@H](C[C@H]1CCCOC1)NC(=O)N(C)CC[C@](C)(OCCNC(=O)OC)c1cc(Cl)ccc1C. The lowest BCUT2D eigenvalue weighted by Crippen LogP contribution is -2.48. The summed E-state index contributed by atoms with van der Waals surface area (Å²) in [6.07, 6.45) is 3.12. The van der Waals surface area contributed by atoms with Crippen LogP contribution in [0.5, 0.6) is 0 Å². The number of rotatable bonds is 13. The van der Waals surface area contributed by atoms with E-state index in [2.05, 4.69) is 20.7 Å². The fraction of sp³-hybridized carbons (Fsp3) is 0.692. The van der Waals surface area contributed by atoms with Crippen LogP contribution in [0.1, 0.15) is 43.7 Å². The Hall–Kier alpha value is -2.07. The van der Waals surface area contributed by atoms with E-state index in [1.54, 1.807) is 11.9 Å². The highest BCUT2D eigenvalue weighted by Crippen LogP contribution is 2.33. The van der Waals surface area contributed by atoms with E-state index in [0.29, 0.717) is 37.0 Å². The third-order valence-corrected chi connectivity index (χ3v) is 6.90. The highest BCUT2D eigenvalue weighted by Gasteiger charge is 2.31. The number of carbonyl (C=O) groups is 2. The van der Waals surface area contributed by atoms with E-state index in [1.807, 2.05) is 39.1 Å². The first kappa shape index (κ1) is 30.2. The fourth-order valence-electron chi connectivity index (χ4n) is 4.55. The van der Waals surface area contributed by atoms with Crippen molar-refractivity contribution in [2.24, 2.45) is 5.92 Å². The third-order valence-electron chi connectivity index (χ3n) is 6.67. The number of carbonyl (C=O) groups excluding carboxylic acids is 2. The van der Waals surface area contributed by atoms with Crippen molar-refractivity contribution in [3.63, 3.8) is 0 Å². The third kappa shape index (κ3) is 9.76. The van der Waals surface area contributed by atoms with Gasteiger partial charge in [-0.25, -0.2) is 9.59 Å². The van der Waals surface area contributed by atoms with Gasteiger partial charge < -0.3 is 35.1 Å². The largest absolute Gasteiger partial charge is 0.453 e. The van der Waals surface area contributed by atoms with Crippen LogP contribution in [0.4, 0.5) is 9.59 Å². The Morgan fingerprint density at radius 2 is 2.14 bits per heavy atom. The van der Waals surface area contributed by atoms with Crippen molar-refractivity contribution in [3.05, 3.63) is 34.3 Å². The quantitative estimate of drug-likeness (QED) is 0.339. The highest BCUT2D eigenvalue weighted by atomic mass is 35.5. The molecule has 1 heterocycles. The van der Waals surface area contributed by atoms with Crippen molar-refractivity contribution in [1.29, 1.82) is 0 Å². The Kier molecular flexibility index (Phi) is 12.8. The number of hydrogen-bond acceptors (Lipinski definition) is 6. The van der Waals surface area contributed by atoms with Crippen LogP contribution in [0.2, 0.25) is 5.02 Å². The van der Waals surface area contributed by atoms with Gasteiger partial charge in [-0.2, -0.15) is 0 Å². The van der Waals surface area contributed by atoms with Gasteiger partial charge in [-0.05, 0) is 75.8 Å². The molecular weight excluding hydrogens is 484 g/mol. The molecule has 1 aliphatic heterocycles. The number of likely N-dealkylation sites (N-methyl/N-ethyl adjacent to an activating group) is 1. The van der Waals surface area contributed by atoms with Gasteiger partial charge in [-0.1, -0.05) is 17.7 Å². The zero-order valence-electron chi connectivity index (χ0n) is 22.3. The van der Waals surface area contributed by atoms with Gasteiger partial charge in [0.05, 0.1) is 19.3 Å². The van der Waals surface area contributed by atoms with Gasteiger partial charge in [0.25, 0.3) is 0 Å². The standard InChI is InChI=1S/C26H43ClN4O5/c1-19-8-9-21(27)16-23(19)26(2,36-14-11-29-25(33)34-5)10-12-31(4)24(32)30-22(17-28-3)15-20-7-6-13-35-18-20/h8-9,16,20,22,28H,6-7,10-15,17-18H2,1-5H3,(H,29,33)(H,30,32)/t20-,22+,26+/m1/s1. The molecule has 1 fully saturated rings. The second kappa shape index (κ2) is 15.2. The first-order valence-electron chi connectivity index (χ1n) is 12.6. The molecule has 2 rings (SSSR count). The van der Waals surface area contributed by atoms with E-state index in [-0.39, 0.29) is 18.7 Å². The van der Waals surface area contributed by atoms with Crippen molar-refractivity contribution >= 4 is 23.7 Å². The average molecular weight is 527 g/mol. The van der Waals surface area contributed by atoms with Gasteiger partial charge in [0, 0.05) is 51.0 Å². The van der Waals surface area contributed by atoms with Gasteiger partial charge in [0.1, 0.15) is 0 Å². The van der Waals surface area contributed by atoms with E-state index in [1.165, 1.54) is 7.11 Å². The lowest BCUT2D eigenvalue weighted by Gasteiger charge is -2.34. The summed E-state index contributed by atoms with van der Waals surface area (Å²) < 4.78 is 16.5. The lowest BCUT2D eigenvalue weighted by atomic mass is 9.88. The number of halogens is 1. The first-order valence-corrected chi connectivity index (χ1v) is 13.0. The molecule has 1 aliphatic rings. The molecule has 1 saturated heterocycles. The molecule has 0 bridgehead atoms. The van der Waals surface area contributed by atoms with Crippen LogP contribution < -0.4 is 16.0 Å². The van der Waals surface area contributed by atoms with Crippen LogP contribution in [-0.4, -0.2) is 83.7 Å². The van der Waals surface area contributed by atoms with Gasteiger partial charge in [-0.3, -0.25) is 0 Å². The van der Waals surface area contributed by atoms with Crippen LogP contribution in [0.3, 0.4) is 0 Å². The smallest absolute Gasteiger partial charge is 0.406 e. The molecule has 1 aromatic rings. The molecule has 3 amide bonds. The molecule has 0 saturated carbocycles. The van der Waals surface area contributed by atoms with Crippen molar-refractivity contribution in [2.45, 2.75) is 51.2 Å². The number of hydrogen-bond donors (Lipinski definition) is 3. The zero-order valence-corrected chi connectivity index (χ0v) is 23.1. The molecule has 0 spiro atoms. The normalized spacial score (nSPS) is 18.1. The number of aryl methyl sites for hydroxylation is 1. The second-order valence-electron chi connectivity index (χ2n) is 9.65. The fourth-order valence-corrected chi connectivity index (χ4v) is 4.72. The number of urea groups is 1. The number of amides is 3. The summed E-state index contributed by atoms with van der Waals surface area (Å²) in [4.78, 5) is 26.1. The van der Waals surface area contributed by atoms with E-state index in [4.69, 9.17) is 21.1 Å². The van der Waals surface area contributed by atoms with Crippen molar-refractivity contribution in [1.82, 2.24) is 20.9 Å². The molecular formula is C26H43ClN4O5. The molecule has 36 heavy (non-hydrogen) atoms. The second-order valence-corrected chi connectivity index (χ2v) is 10.1. The summed E-state index contributed by atoms with van der Waals surface area (Å²) in [6, 6.07) is 5.61. The summed E-state index contributed by atoms with van der Waals surface area (Å²) >= 11 is 6.31. The van der Waals surface area contributed by atoms with Crippen LogP contribution in [0.15, 0.2) is 18.2 Å². The Morgan fingerprint density at radius 3 is 2.81 bits per heavy atom.